The molecule has 5 nitrogen and oxygen atoms in total. The fourth-order valence-corrected chi connectivity index (χ4v) is 4.12. The summed E-state index contributed by atoms with van der Waals surface area (Å²) in [5, 5.41) is 6.93. The summed E-state index contributed by atoms with van der Waals surface area (Å²) in [6, 6.07) is 13.0. The number of thiazole rings is 1. The summed E-state index contributed by atoms with van der Waals surface area (Å²) in [7, 11) is 0. The zero-order chi connectivity index (χ0) is 22.1. The number of anilines is 1. The molecule has 1 unspecified atom stereocenters. The van der Waals surface area contributed by atoms with Crippen LogP contribution in [-0.2, 0) is 0 Å². The van der Waals surface area contributed by atoms with Gasteiger partial charge >= 0.3 is 0 Å². The zero-order valence-electron chi connectivity index (χ0n) is 17.0. The Labute approximate surface area is 186 Å². The lowest BCUT2D eigenvalue weighted by Gasteiger charge is -2.16. The molecule has 0 aliphatic rings. The highest BCUT2D eigenvalue weighted by Crippen LogP contribution is 2.33. The van der Waals surface area contributed by atoms with E-state index in [0.717, 1.165) is 16.6 Å². The number of benzene rings is 2. The molecule has 3 aromatic heterocycles. The molecule has 8 heteroatoms. The molecule has 158 valence electrons. The van der Waals surface area contributed by atoms with Crippen molar-refractivity contribution in [2.24, 2.45) is 0 Å². The van der Waals surface area contributed by atoms with E-state index in [1.54, 1.807) is 54.2 Å². The van der Waals surface area contributed by atoms with Crippen LogP contribution in [0.5, 0.6) is 0 Å². The van der Waals surface area contributed by atoms with Crippen LogP contribution >= 0.6 is 11.3 Å². The first-order chi connectivity index (χ1) is 15.6. The fourth-order valence-electron chi connectivity index (χ4n) is 3.47. The minimum Gasteiger partial charge on any atom is -0.360 e. The van der Waals surface area contributed by atoms with E-state index in [-0.39, 0.29) is 11.6 Å². The molecule has 0 fully saturated rings. The highest BCUT2D eigenvalue weighted by molar-refractivity contribution is 7.09. The molecule has 0 amide bonds. The van der Waals surface area contributed by atoms with E-state index < -0.39 is 11.6 Å². The minimum atomic E-state index is -0.887. The van der Waals surface area contributed by atoms with E-state index in [4.69, 9.17) is 4.98 Å². The second-order valence-electron chi connectivity index (χ2n) is 7.21. The third kappa shape index (κ3) is 3.80. The van der Waals surface area contributed by atoms with Crippen molar-refractivity contribution in [3.05, 3.63) is 89.1 Å². The molecule has 5 rings (SSSR count). The maximum atomic E-state index is 14.4. The maximum absolute atomic E-state index is 14.4. The molecular formula is C24H17F2N5S. The Bertz CT molecular complexity index is 1390. The third-order valence-electron chi connectivity index (χ3n) is 5.05. The molecule has 1 N–H and O–H groups in total. The molecule has 3 heterocycles. The standard InChI is InChI=1S/C24H17F2N5S/c1-14(24-28-10-11-32-24)29-23-18-12-15(17-5-2-6-19(25)21(17)26)7-8-20(18)30-22(31-23)16-4-3-9-27-13-16/h2-14H,1H3,(H,29,30,31). The van der Waals surface area contributed by atoms with E-state index in [2.05, 4.69) is 20.3 Å². The summed E-state index contributed by atoms with van der Waals surface area (Å²) in [5.41, 5.74) is 2.17. The monoisotopic (exact) mass is 445 g/mol. The number of nitrogens with zero attached hydrogens (tertiary/aromatic N) is 4. The van der Waals surface area contributed by atoms with Gasteiger partial charge < -0.3 is 5.32 Å². The first-order valence-electron chi connectivity index (χ1n) is 9.92. The van der Waals surface area contributed by atoms with Crippen molar-refractivity contribution >= 4 is 28.1 Å². The molecule has 1 atom stereocenters. The van der Waals surface area contributed by atoms with Gasteiger partial charge in [0.05, 0.1) is 11.6 Å². The van der Waals surface area contributed by atoms with Crippen LogP contribution in [0.4, 0.5) is 14.6 Å². The predicted octanol–water partition coefficient (Wildman–Crippen LogP) is 6.27. The molecular weight excluding hydrogens is 428 g/mol. The Morgan fingerprint density at radius 3 is 2.66 bits per heavy atom. The largest absolute Gasteiger partial charge is 0.360 e. The van der Waals surface area contributed by atoms with Crippen LogP contribution in [0.3, 0.4) is 0 Å². The molecule has 0 aliphatic carbocycles. The topological polar surface area (TPSA) is 63.6 Å². The first kappa shape index (κ1) is 20.1. The Morgan fingerprint density at radius 2 is 1.88 bits per heavy atom. The second kappa shape index (κ2) is 8.39. The number of pyridine rings is 1. The molecule has 0 aliphatic heterocycles. The van der Waals surface area contributed by atoms with Crippen molar-refractivity contribution < 1.29 is 8.78 Å². The van der Waals surface area contributed by atoms with Gasteiger partial charge in [0.25, 0.3) is 0 Å². The van der Waals surface area contributed by atoms with Crippen LogP contribution in [0, 0.1) is 11.6 Å². The van der Waals surface area contributed by atoms with Gasteiger partial charge in [0.15, 0.2) is 17.5 Å². The Kier molecular flexibility index (Phi) is 5.28. The molecule has 32 heavy (non-hydrogen) atoms. The minimum absolute atomic E-state index is 0.107. The average Bonchev–Trinajstić information content (AvgIpc) is 3.36. The van der Waals surface area contributed by atoms with Gasteiger partial charge in [-0.1, -0.05) is 18.2 Å². The van der Waals surface area contributed by atoms with Crippen LogP contribution in [0.1, 0.15) is 18.0 Å². The van der Waals surface area contributed by atoms with Crippen molar-refractivity contribution in [2.45, 2.75) is 13.0 Å². The molecule has 0 spiro atoms. The van der Waals surface area contributed by atoms with E-state index in [0.29, 0.717) is 28.1 Å². The second-order valence-corrected chi connectivity index (χ2v) is 8.13. The van der Waals surface area contributed by atoms with Gasteiger partial charge in [0.2, 0.25) is 0 Å². The van der Waals surface area contributed by atoms with E-state index in [1.807, 2.05) is 24.4 Å². The van der Waals surface area contributed by atoms with E-state index in [1.165, 1.54) is 6.07 Å². The normalized spacial score (nSPS) is 12.1. The number of hydrogen-bond acceptors (Lipinski definition) is 6. The van der Waals surface area contributed by atoms with Crippen LogP contribution in [0.25, 0.3) is 33.4 Å². The summed E-state index contributed by atoms with van der Waals surface area (Å²) in [6.45, 7) is 1.99. The average molecular weight is 445 g/mol. The lowest BCUT2D eigenvalue weighted by atomic mass is 10.0. The fraction of sp³-hybridized carbons (Fsp3) is 0.0833. The number of rotatable bonds is 5. The smallest absolute Gasteiger partial charge is 0.166 e. The van der Waals surface area contributed by atoms with Crippen molar-refractivity contribution in [3.63, 3.8) is 0 Å². The number of hydrogen-bond donors (Lipinski definition) is 1. The van der Waals surface area contributed by atoms with Gasteiger partial charge in [-0.25, -0.2) is 23.7 Å². The van der Waals surface area contributed by atoms with Crippen LogP contribution in [-0.4, -0.2) is 19.9 Å². The predicted molar refractivity (Wildman–Crippen MR) is 122 cm³/mol. The number of nitrogens with one attached hydrogen (secondary N) is 1. The lowest BCUT2D eigenvalue weighted by Crippen LogP contribution is -2.09. The highest BCUT2D eigenvalue weighted by Gasteiger charge is 2.16. The summed E-state index contributed by atoms with van der Waals surface area (Å²) >= 11 is 1.54. The van der Waals surface area contributed by atoms with Gasteiger partial charge in [0.1, 0.15) is 10.8 Å². The third-order valence-corrected chi connectivity index (χ3v) is 6.01. The Hall–Kier alpha value is -3.78. The number of aromatic nitrogens is 4. The van der Waals surface area contributed by atoms with Crippen molar-refractivity contribution in [1.29, 1.82) is 0 Å². The van der Waals surface area contributed by atoms with E-state index >= 15 is 0 Å². The SMILES string of the molecule is CC(Nc1nc(-c2cccnc2)nc2ccc(-c3cccc(F)c3F)cc12)c1nccs1. The summed E-state index contributed by atoms with van der Waals surface area (Å²) < 4.78 is 28.2. The Balaban J connectivity index is 1.67. The molecule has 0 saturated carbocycles. The first-order valence-corrected chi connectivity index (χ1v) is 10.8. The Morgan fingerprint density at radius 1 is 0.969 bits per heavy atom. The van der Waals surface area contributed by atoms with Gasteiger partial charge in [-0.2, -0.15) is 0 Å². The van der Waals surface area contributed by atoms with Gasteiger partial charge in [-0.05, 0) is 42.8 Å². The van der Waals surface area contributed by atoms with Gasteiger partial charge in [-0.3, -0.25) is 4.98 Å². The van der Waals surface area contributed by atoms with Crippen LogP contribution in [0.2, 0.25) is 0 Å². The van der Waals surface area contributed by atoms with Crippen LogP contribution < -0.4 is 5.32 Å². The van der Waals surface area contributed by atoms with Crippen LogP contribution in [0.15, 0.2) is 72.5 Å². The molecule has 5 aromatic rings. The van der Waals surface area contributed by atoms with Gasteiger partial charge in [0, 0.05) is 40.5 Å². The number of fused-ring (bicyclic) bond motifs is 1. The molecule has 0 bridgehead atoms. The van der Waals surface area contributed by atoms with Gasteiger partial charge in [-0.15, -0.1) is 11.3 Å². The lowest BCUT2D eigenvalue weighted by molar-refractivity contribution is 0.511. The molecule has 2 aromatic carbocycles. The summed E-state index contributed by atoms with van der Waals surface area (Å²) in [5.74, 6) is -0.675. The molecule has 0 radical (unpaired) electrons. The zero-order valence-corrected chi connectivity index (χ0v) is 17.8. The molecule has 0 saturated heterocycles. The van der Waals surface area contributed by atoms with Crippen molar-refractivity contribution in [1.82, 2.24) is 19.9 Å². The number of halogens is 2. The summed E-state index contributed by atoms with van der Waals surface area (Å²) in [6.07, 6.45) is 5.14. The van der Waals surface area contributed by atoms with E-state index in [9.17, 15) is 8.78 Å². The van der Waals surface area contributed by atoms with Crippen molar-refractivity contribution in [2.75, 3.05) is 5.32 Å². The maximum Gasteiger partial charge on any atom is 0.166 e. The quantitative estimate of drug-likeness (QED) is 0.346. The summed E-state index contributed by atoms with van der Waals surface area (Å²) in [4.78, 5) is 18.0. The van der Waals surface area contributed by atoms with Crippen molar-refractivity contribution in [3.8, 4) is 22.5 Å². The highest BCUT2D eigenvalue weighted by atomic mass is 32.1.